The lowest BCUT2D eigenvalue weighted by atomic mass is 9.88. The minimum Gasteiger partial charge on any atom is -0.359 e. The van der Waals surface area contributed by atoms with Crippen LogP contribution in [0.4, 0.5) is 17.1 Å². The Bertz CT molecular complexity index is 945. The maximum absolute atomic E-state index is 4.76. The second-order valence-corrected chi connectivity index (χ2v) is 6.77. The number of nitrogens with zero attached hydrogens (tertiary/aromatic N) is 2. The molecule has 3 heteroatoms. The van der Waals surface area contributed by atoms with Gasteiger partial charge in [-0.1, -0.05) is 44.2 Å². The minimum absolute atomic E-state index is 0.112. The van der Waals surface area contributed by atoms with Crippen molar-refractivity contribution in [1.82, 2.24) is 4.98 Å². The first-order chi connectivity index (χ1) is 11.8. The molecule has 3 aromatic rings. The van der Waals surface area contributed by atoms with Gasteiger partial charge in [-0.05, 0) is 35.7 Å². The van der Waals surface area contributed by atoms with Crippen LogP contribution in [0.3, 0.4) is 0 Å². The van der Waals surface area contributed by atoms with Crippen LogP contribution in [0.15, 0.2) is 60.8 Å². The summed E-state index contributed by atoms with van der Waals surface area (Å²) in [6.45, 7) is 4.50. The third kappa shape index (κ3) is 1.70. The Morgan fingerprint density at radius 1 is 0.958 bits per heavy atom. The van der Waals surface area contributed by atoms with Crippen molar-refractivity contribution in [3.8, 4) is 11.3 Å². The van der Waals surface area contributed by atoms with Crippen LogP contribution in [0.1, 0.15) is 37.1 Å². The number of aromatic nitrogens is 1. The van der Waals surface area contributed by atoms with Crippen LogP contribution >= 0.6 is 0 Å². The first kappa shape index (κ1) is 13.6. The molecule has 2 aliphatic rings. The van der Waals surface area contributed by atoms with Crippen molar-refractivity contribution in [2.24, 2.45) is 0 Å². The lowest BCUT2D eigenvalue weighted by molar-refractivity contribution is 0.800. The van der Waals surface area contributed by atoms with Gasteiger partial charge in [0, 0.05) is 17.3 Å². The van der Waals surface area contributed by atoms with Crippen LogP contribution in [-0.4, -0.2) is 4.98 Å². The van der Waals surface area contributed by atoms with E-state index in [0.717, 1.165) is 5.69 Å². The summed E-state index contributed by atoms with van der Waals surface area (Å²) in [6, 6.07) is 19.4. The summed E-state index contributed by atoms with van der Waals surface area (Å²) in [6.07, 6.45) is 2.01. The molecule has 1 aromatic heterocycles. The predicted molar refractivity (Wildman–Crippen MR) is 98.7 cm³/mol. The molecule has 0 aliphatic carbocycles. The number of rotatable bonds is 1. The maximum Gasteiger partial charge on any atom is 0.132 e. The van der Waals surface area contributed by atoms with Gasteiger partial charge in [-0.15, -0.1) is 0 Å². The van der Waals surface area contributed by atoms with Crippen LogP contribution in [0.2, 0.25) is 0 Å². The zero-order chi connectivity index (χ0) is 16.3. The summed E-state index contributed by atoms with van der Waals surface area (Å²) in [4.78, 5) is 7.18. The quantitative estimate of drug-likeness (QED) is 0.647. The summed E-state index contributed by atoms with van der Waals surface area (Å²) >= 11 is 0. The van der Waals surface area contributed by atoms with Gasteiger partial charge in [0.2, 0.25) is 0 Å². The third-order valence-electron chi connectivity index (χ3n) is 5.04. The van der Waals surface area contributed by atoms with E-state index in [1.54, 1.807) is 0 Å². The van der Waals surface area contributed by atoms with Gasteiger partial charge in [-0.25, -0.2) is 0 Å². The highest BCUT2D eigenvalue weighted by atomic mass is 15.3. The van der Waals surface area contributed by atoms with E-state index in [-0.39, 0.29) is 6.17 Å². The van der Waals surface area contributed by atoms with Crippen molar-refractivity contribution in [1.29, 1.82) is 0 Å². The minimum atomic E-state index is 0.112. The molecule has 24 heavy (non-hydrogen) atoms. The fourth-order valence-corrected chi connectivity index (χ4v) is 3.99. The van der Waals surface area contributed by atoms with Gasteiger partial charge in [0.1, 0.15) is 6.17 Å². The van der Waals surface area contributed by atoms with E-state index in [0.29, 0.717) is 5.92 Å². The van der Waals surface area contributed by atoms with Crippen LogP contribution in [0.5, 0.6) is 0 Å². The zero-order valence-electron chi connectivity index (χ0n) is 13.8. The second kappa shape index (κ2) is 4.84. The van der Waals surface area contributed by atoms with Crippen molar-refractivity contribution in [2.75, 3.05) is 10.2 Å². The Morgan fingerprint density at radius 3 is 2.67 bits per heavy atom. The van der Waals surface area contributed by atoms with Crippen molar-refractivity contribution in [2.45, 2.75) is 25.9 Å². The van der Waals surface area contributed by atoms with Gasteiger partial charge in [0.25, 0.3) is 0 Å². The molecule has 2 aromatic carbocycles. The van der Waals surface area contributed by atoms with Crippen molar-refractivity contribution < 1.29 is 0 Å². The van der Waals surface area contributed by atoms with E-state index >= 15 is 0 Å². The summed E-state index contributed by atoms with van der Waals surface area (Å²) in [5.74, 6) is 0.456. The molecule has 0 radical (unpaired) electrons. The van der Waals surface area contributed by atoms with E-state index in [1.165, 1.54) is 33.8 Å². The molecular weight excluding hydrogens is 294 g/mol. The predicted octanol–water partition coefficient (Wildman–Crippen LogP) is 5.45. The van der Waals surface area contributed by atoms with Crippen molar-refractivity contribution >= 4 is 17.1 Å². The Balaban J connectivity index is 1.86. The highest BCUT2D eigenvalue weighted by molar-refractivity contribution is 5.94. The molecule has 0 spiro atoms. The van der Waals surface area contributed by atoms with Gasteiger partial charge < -0.3 is 10.2 Å². The number of anilines is 3. The monoisotopic (exact) mass is 313 g/mol. The third-order valence-corrected chi connectivity index (χ3v) is 5.04. The highest BCUT2D eigenvalue weighted by Crippen LogP contribution is 2.54. The van der Waals surface area contributed by atoms with Crippen LogP contribution in [-0.2, 0) is 0 Å². The standard InChI is InChI=1S/C21H19N3/c1-13(2)14-7-5-11-18-19(14)20-15(8-6-12-22-20)21-23-16-9-3-4-10-17(16)24(18)21/h3-13,21,23H,1-2H3. The smallest absolute Gasteiger partial charge is 0.132 e. The van der Waals surface area contributed by atoms with Gasteiger partial charge in [0.05, 0.1) is 22.8 Å². The van der Waals surface area contributed by atoms with E-state index in [9.17, 15) is 0 Å². The van der Waals surface area contributed by atoms with E-state index in [1.807, 2.05) is 12.3 Å². The molecule has 3 heterocycles. The summed E-state index contributed by atoms with van der Waals surface area (Å²) in [5.41, 5.74) is 8.65. The molecule has 3 nitrogen and oxygen atoms in total. The van der Waals surface area contributed by atoms with Crippen molar-refractivity contribution in [3.63, 3.8) is 0 Å². The number of nitrogens with one attached hydrogen (secondary N) is 1. The number of fused-ring (bicyclic) bond motifs is 8. The van der Waals surface area contributed by atoms with Gasteiger partial charge >= 0.3 is 0 Å². The Kier molecular flexibility index (Phi) is 2.75. The number of hydrogen-bond donors (Lipinski definition) is 1. The van der Waals surface area contributed by atoms with Gasteiger partial charge in [-0.3, -0.25) is 4.98 Å². The maximum atomic E-state index is 4.76. The lowest BCUT2D eigenvalue weighted by Crippen LogP contribution is -2.28. The zero-order valence-corrected chi connectivity index (χ0v) is 13.8. The average molecular weight is 313 g/mol. The van der Waals surface area contributed by atoms with Crippen LogP contribution in [0, 0.1) is 0 Å². The first-order valence-electron chi connectivity index (χ1n) is 8.48. The van der Waals surface area contributed by atoms with Crippen LogP contribution < -0.4 is 10.2 Å². The van der Waals surface area contributed by atoms with Gasteiger partial charge in [-0.2, -0.15) is 0 Å². The molecule has 1 N–H and O–H groups in total. The van der Waals surface area contributed by atoms with Crippen LogP contribution in [0.25, 0.3) is 11.3 Å². The fraction of sp³-hybridized carbons (Fsp3) is 0.190. The number of benzene rings is 2. The van der Waals surface area contributed by atoms with E-state index in [2.05, 4.69) is 72.6 Å². The molecule has 0 saturated carbocycles. The molecule has 1 unspecified atom stereocenters. The highest BCUT2D eigenvalue weighted by Gasteiger charge is 2.39. The summed E-state index contributed by atoms with van der Waals surface area (Å²) in [7, 11) is 0. The molecule has 0 amide bonds. The normalized spacial score (nSPS) is 17.0. The van der Waals surface area contributed by atoms with E-state index in [4.69, 9.17) is 4.98 Å². The van der Waals surface area contributed by atoms with Gasteiger partial charge in [0.15, 0.2) is 0 Å². The molecule has 1 atom stereocenters. The molecule has 5 rings (SSSR count). The Labute approximate surface area is 142 Å². The summed E-state index contributed by atoms with van der Waals surface area (Å²) in [5, 5.41) is 3.67. The fourth-order valence-electron chi connectivity index (χ4n) is 3.99. The van der Waals surface area contributed by atoms with Crippen molar-refractivity contribution in [3.05, 3.63) is 71.9 Å². The SMILES string of the molecule is CC(C)c1cccc2c1-c1ncccc1C1Nc3ccccc3N21. The molecule has 0 saturated heterocycles. The van der Waals surface area contributed by atoms with E-state index < -0.39 is 0 Å². The topological polar surface area (TPSA) is 28.2 Å². The number of pyridine rings is 1. The Morgan fingerprint density at radius 2 is 1.79 bits per heavy atom. The molecule has 2 aliphatic heterocycles. The number of hydrogen-bond acceptors (Lipinski definition) is 3. The summed E-state index contributed by atoms with van der Waals surface area (Å²) < 4.78 is 0. The molecular formula is C21H19N3. The molecule has 0 bridgehead atoms. The average Bonchev–Trinajstić information content (AvgIpc) is 3.01. The second-order valence-electron chi connectivity index (χ2n) is 6.77. The molecule has 0 fully saturated rings. The lowest BCUT2D eigenvalue weighted by Gasteiger charge is -2.36. The molecule has 118 valence electrons. The Hall–Kier alpha value is -2.81. The number of para-hydroxylation sites is 2. The largest absolute Gasteiger partial charge is 0.359 e. The first-order valence-corrected chi connectivity index (χ1v) is 8.48.